The first kappa shape index (κ1) is 17.3. The van der Waals surface area contributed by atoms with Crippen LogP contribution in [0.4, 0.5) is 0 Å². The highest BCUT2D eigenvalue weighted by Gasteiger charge is 2.68. The fourth-order valence-corrected chi connectivity index (χ4v) is 5.23. The topological polar surface area (TPSA) is 35.5 Å². The van der Waals surface area contributed by atoms with Crippen LogP contribution >= 0.6 is 0 Å². The first-order valence-corrected chi connectivity index (χ1v) is 9.39. The van der Waals surface area contributed by atoms with Gasteiger partial charge in [-0.05, 0) is 68.1 Å². The standard InChI is InChI=1S/C20H34O3/c1-13(22-16-10-14-7-8-15(16)9-14)23-17(21)20(11-18(2,3)4)12-19(20,5)6/h13-16H,7-12H2,1-6H3. The third-order valence-corrected chi connectivity index (χ3v) is 6.45. The van der Waals surface area contributed by atoms with Crippen LogP contribution < -0.4 is 0 Å². The van der Waals surface area contributed by atoms with Gasteiger partial charge in [-0.15, -0.1) is 0 Å². The summed E-state index contributed by atoms with van der Waals surface area (Å²) >= 11 is 0. The molecular formula is C20H34O3. The highest BCUT2D eigenvalue weighted by molar-refractivity contribution is 5.82. The molecule has 5 unspecified atom stereocenters. The molecule has 0 N–H and O–H groups in total. The van der Waals surface area contributed by atoms with Crippen molar-refractivity contribution in [3.63, 3.8) is 0 Å². The quantitative estimate of drug-likeness (QED) is 0.531. The Labute approximate surface area is 141 Å². The van der Waals surface area contributed by atoms with Crippen LogP contribution in [0.3, 0.4) is 0 Å². The van der Waals surface area contributed by atoms with Crippen LogP contribution in [0.15, 0.2) is 0 Å². The summed E-state index contributed by atoms with van der Waals surface area (Å²) in [5, 5.41) is 0. The van der Waals surface area contributed by atoms with Crippen molar-refractivity contribution in [2.45, 2.75) is 92.5 Å². The van der Waals surface area contributed by atoms with E-state index in [1.807, 2.05) is 6.92 Å². The molecule has 23 heavy (non-hydrogen) atoms. The molecule has 0 saturated heterocycles. The van der Waals surface area contributed by atoms with Crippen molar-refractivity contribution < 1.29 is 14.3 Å². The molecule has 0 aromatic heterocycles. The average molecular weight is 322 g/mol. The number of hydrogen-bond donors (Lipinski definition) is 0. The van der Waals surface area contributed by atoms with Gasteiger partial charge in [-0.25, -0.2) is 0 Å². The second-order valence-corrected chi connectivity index (χ2v) is 10.2. The molecule has 132 valence electrons. The molecule has 3 rings (SSSR count). The fourth-order valence-electron chi connectivity index (χ4n) is 5.23. The Morgan fingerprint density at radius 3 is 2.30 bits per heavy atom. The van der Waals surface area contributed by atoms with Crippen molar-refractivity contribution in [2.24, 2.45) is 28.1 Å². The average Bonchev–Trinajstić information content (AvgIpc) is 2.78. The molecule has 0 spiro atoms. The molecule has 3 fully saturated rings. The van der Waals surface area contributed by atoms with Gasteiger partial charge in [0, 0.05) is 0 Å². The Kier molecular flexibility index (Phi) is 4.11. The lowest BCUT2D eigenvalue weighted by Crippen LogP contribution is -2.34. The van der Waals surface area contributed by atoms with Crippen LogP contribution in [-0.4, -0.2) is 18.4 Å². The maximum atomic E-state index is 12.9. The summed E-state index contributed by atoms with van der Waals surface area (Å²) in [6.45, 7) is 12.9. The molecule has 0 amide bonds. The Balaban J connectivity index is 1.57. The number of hydrogen-bond acceptors (Lipinski definition) is 3. The molecule has 0 aliphatic heterocycles. The van der Waals surface area contributed by atoms with Crippen molar-refractivity contribution in [3.05, 3.63) is 0 Å². The van der Waals surface area contributed by atoms with Gasteiger partial charge >= 0.3 is 5.97 Å². The maximum Gasteiger partial charge on any atom is 0.314 e. The molecule has 0 aromatic carbocycles. The second-order valence-electron chi connectivity index (χ2n) is 10.2. The Hall–Kier alpha value is -0.570. The largest absolute Gasteiger partial charge is 0.436 e. The first-order valence-electron chi connectivity index (χ1n) is 9.39. The van der Waals surface area contributed by atoms with Gasteiger partial charge in [-0.3, -0.25) is 4.79 Å². The van der Waals surface area contributed by atoms with Crippen molar-refractivity contribution >= 4 is 5.97 Å². The second kappa shape index (κ2) is 5.47. The van der Waals surface area contributed by atoms with Gasteiger partial charge < -0.3 is 9.47 Å². The number of fused-ring (bicyclic) bond motifs is 2. The minimum Gasteiger partial charge on any atom is -0.436 e. The Morgan fingerprint density at radius 2 is 1.87 bits per heavy atom. The lowest BCUT2D eigenvalue weighted by Gasteiger charge is -2.30. The first-order chi connectivity index (χ1) is 10.5. The van der Waals surface area contributed by atoms with E-state index < -0.39 is 6.29 Å². The normalized spacial score (nSPS) is 39.3. The molecule has 3 heteroatoms. The van der Waals surface area contributed by atoms with Gasteiger partial charge in [0.1, 0.15) is 0 Å². The minimum atomic E-state index is -0.417. The summed E-state index contributed by atoms with van der Waals surface area (Å²) < 4.78 is 11.9. The molecule has 2 bridgehead atoms. The summed E-state index contributed by atoms with van der Waals surface area (Å²) in [5.74, 6) is 1.50. The molecular weight excluding hydrogens is 288 g/mol. The monoisotopic (exact) mass is 322 g/mol. The molecule has 3 aliphatic rings. The van der Waals surface area contributed by atoms with Gasteiger partial charge in [0.25, 0.3) is 0 Å². The van der Waals surface area contributed by atoms with Crippen LogP contribution in [0.25, 0.3) is 0 Å². The number of ether oxygens (including phenoxy) is 2. The molecule has 3 nitrogen and oxygen atoms in total. The van der Waals surface area contributed by atoms with Gasteiger partial charge in [-0.1, -0.05) is 34.6 Å². The van der Waals surface area contributed by atoms with Crippen LogP contribution in [-0.2, 0) is 14.3 Å². The van der Waals surface area contributed by atoms with Crippen LogP contribution in [0.1, 0.15) is 80.1 Å². The molecule has 0 aromatic rings. The van der Waals surface area contributed by atoms with E-state index in [1.54, 1.807) is 0 Å². The van der Waals surface area contributed by atoms with Crippen molar-refractivity contribution in [1.29, 1.82) is 0 Å². The predicted molar refractivity (Wildman–Crippen MR) is 90.8 cm³/mol. The van der Waals surface area contributed by atoms with E-state index in [9.17, 15) is 4.79 Å². The van der Waals surface area contributed by atoms with Gasteiger partial charge in [-0.2, -0.15) is 0 Å². The summed E-state index contributed by atoms with van der Waals surface area (Å²) in [4.78, 5) is 12.9. The van der Waals surface area contributed by atoms with Gasteiger partial charge in [0.15, 0.2) is 6.29 Å². The minimum absolute atomic E-state index is 0.0451. The number of carbonyl (C=O) groups is 1. The van der Waals surface area contributed by atoms with Crippen molar-refractivity contribution in [1.82, 2.24) is 0 Å². The van der Waals surface area contributed by atoms with E-state index in [2.05, 4.69) is 34.6 Å². The summed E-state index contributed by atoms with van der Waals surface area (Å²) in [6, 6.07) is 0. The van der Waals surface area contributed by atoms with E-state index in [-0.39, 0.29) is 22.2 Å². The van der Waals surface area contributed by atoms with E-state index in [0.717, 1.165) is 25.2 Å². The summed E-state index contributed by atoms with van der Waals surface area (Å²) in [5.41, 5.74) is -0.150. The molecule has 0 radical (unpaired) electrons. The van der Waals surface area contributed by atoms with Crippen molar-refractivity contribution in [3.8, 4) is 0 Å². The number of esters is 1. The van der Waals surface area contributed by atoms with Gasteiger partial charge in [0.2, 0.25) is 0 Å². The maximum absolute atomic E-state index is 12.9. The Bertz CT molecular complexity index is 476. The fraction of sp³-hybridized carbons (Fsp3) is 0.950. The SMILES string of the molecule is CC(OC(=O)C1(CC(C)(C)C)CC1(C)C)OC1CC2CCC1C2. The zero-order valence-electron chi connectivity index (χ0n) is 15.8. The molecule has 5 atom stereocenters. The van der Waals surface area contributed by atoms with Crippen LogP contribution in [0.5, 0.6) is 0 Å². The smallest absolute Gasteiger partial charge is 0.314 e. The molecule has 3 aliphatic carbocycles. The van der Waals surface area contributed by atoms with E-state index >= 15 is 0 Å². The Morgan fingerprint density at radius 1 is 1.22 bits per heavy atom. The third-order valence-electron chi connectivity index (χ3n) is 6.45. The number of rotatable bonds is 5. The van der Waals surface area contributed by atoms with Crippen molar-refractivity contribution in [2.75, 3.05) is 0 Å². The summed E-state index contributed by atoms with van der Waals surface area (Å²) in [6.07, 6.45) is 6.82. The van der Waals surface area contributed by atoms with E-state index in [0.29, 0.717) is 12.0 Å². The summed E-state index contributed by atoms with van der Waals surface area (Å²) in [7, 11) is 0. The van der Waals surface area contributed by atoms with Gasteiger partial charge in [0.05, 0.1) is 11.5 Å². The zero-order valence-corrected chi connectivity index (χ0v) is 15.8. The van der Waals surface area contributed by atoms with E-state index in [4.69, 9.17) is 9.47 Å². The zero-order chi connectivity index (χ0) is 17.0. The lowest BCUT2D eigenvalue weighted by atomic mass is 9.79. The van der Waals surface area contributed by atoms with Crippen LogP contribution in [0, 0.1) is 28.1 Å². The molecule has 3 saturated carbocycles. The lowest BCUT2D eigenvalue weighted by molar-refractivity contribution is -0.197. The number of carbonyl (C=O) groups excluding carboxylic acids is 1. The third kappa shape index (κ3) is 3.31. The molecule has 0 heterocycles. The van der Waals surface area contributed by atoms with Crippen LogP contribution in [0.2, 0.25) is 0 Å². The highest BCUT2D eigenvalue weighted by atomic mass is 16.7. The highest BCUT2D eigenvalue weighted by Crippen LogP contribution is 2.68. The predicted octanol–water partition coefficient (Wildman–Crippen LogP) is 4.93. The van der Waals surface area contributed by atoms with E-state index in [1.165, 1.54) is 19.3 Å².